The highest BCUT2D eigenvalue weighted by Gasteiger charge is 2.52. The molecule has 1 aliphatic carbocycles. The Labute approximate surface area is 605 Å². The number of carbonyl (C=O) groups is 3. The van der Waals surface area contributed by atoms with Gasteiger partial charge in [-0.05, 0) is 94.5 Å². The van der Waals surface area contributed by atoms with Crippen LogP contribution in [-0.2, 0) is 71.0 Å². The zero-order valence-electron chi connectivity index (χ0n) is 61.6. The van der Waals surface area contributed by atoms with Crippen molar-refractivity contribution in [2.75, 3.05) is 32.9 Å². The zero-order valence-corrected chi connectivity index (χ0v) is 61.6. The van der Waals surface area contributed by atoms with Gasteiger partial charge in [0.1, 0.15) is 23.3 Å². The summed E-state index contributed by atoms with van der Waals surface area (Å²) in [4.78, 5) is 41.0. The number of aliphatic hydroxyl groups excluding tert-OH is 3. The lowest BCUT2D eigenvalue weighted by molar-refractivity contribution is -0.122. The van der Waals surface area contributed by atoms with Crippen LogP contribution < -0.4 is 21.7 Å². The number of nitrogens with one attached hydrogen (secondary N) is 3. The van der Waals surface area contributed by atoms with Gasteiger partial charge < -0.3 is 64.8 Å². The highest BCUT2D eigenvalue weighted by Crippen LogP contribution is 2.37. The van der Waals surface area contributed by atoms with Crippen LogP contribution in [0.25, 0.3) is 0 Å². The van der Waals surface area contributed by atoms with Gasteiger partial charge in [0.25, 0.3) is 0 Å². The van der Waals surface area contributed by atoms with E-state index >= 15 is 0 Å². The molecule has 0 unspecified atom stereocenters. The molecule has 21 heteroatoms. The van der Waals surface area contributed by atoms with E-state index in [0.717, 1.165) is 47.1 Å². The van der Waals surface area contributed by atoms with Crippen molar-refractivity contribution in [3.8, 4) is 12.1 Å². The van der Waals surface area contributed by atoms with Crippen molar-refractivity contribution < 1.29 is 62.9 Å². The van der Waals surface area contributed by atoms with Crippen LogP contribution in [-0.4, -0.2) is 166 Å². The van der Waals surface area contributed by atoms with E-state index in [4.69, 9.17) is 44.0 Å². The number of aliphatic hydroxyl groups is 3. The number of ether oxygens (including phenoxy) is 7. The number of hydrogen-bond acceptors (Lipinski definition) is 18. The van der Waals surface area contributed by atoms with Gasteiger partial charge in [-0.15, -0.1) is 0 Å². The van der Waals surface area contributed by atoms with E-state index < -0.39 is 47.6 Å². The Kier molecular flexibility index (Phi) is 33.1. The quantitative estimate of drug-likeness (QED) is 0.0302. The maximum atomic E-state index is 13.2. The van der Waals surface area contributed by atoms with E-state index in [1.54, 1.807) is 9.80 Å². The van der Waals surface area contributed by atoms with Crippen molar-refractivity contribution in [3.05, 3.63) is 179 Å². The van der Waals surface area contributed by atoms with Crippen LogP contribution in [0.5, 0.6) is 0 Å². The normalized spacial score (nSPS) is 26.9. The monoisotopic (exact) mass is 1410 g/mol. The number of amides is 3. The predicted molar refractivity (Wildman–Crippen MR) is 391 cm³/mol. The molecule has 0 bridgehead atoms. The first-order valence-corrected chi connectivity index (χ1v) is 36.4. The Morgan fingerprint density at radius 3 is 1.40 bits per heavy atom. The second kappa shape index (κ2) is 41.2. The molecule has 21 nitrogen and oxygen atoms in total. The largest absolute Gasteiger partial charge is 0.444 e. The van der Waals surface area contributed by atoms with Gasteiger partial charge >= 0.3 is 12.2 Å². The fourth-order valence-corrected chi connectivity index (χ4v) is 14.0. The molecule has 3 amide bonds. The average Bonchev–Trinajstić information content (AvgIpc) is 1.64. The lowest BCUT2D eigenvalue weighted by atomic mass is 9.87. The standard InChI is InChI=1S/C26H36N2O4.C21H24N2O2.C20H28N2O3.C14H26N2O4/c1-19-23(18-30-16-20-11-7-5-8-12-20)28(25(29)32-26(2,3)4)22(15-27)24(19)31-17-21-13-9-6-10-14-21;1-16-20(15-24-13-17-8-4-2-5-9-17)23-19(12-22)21(16)25-14-18-10-6-3-7-11-18;1-6-16-14(2)18(24-13-15-10-8-7-9-11-15)17(12-21)22(16)19(23)25-20(3,4)5;17-8-11-14(20)13(19)10(16-11)7-15-12(18)6-9-4-2-1-3-5-9/h5-14,19,22-24H,15-18,27H2,1-4H3;2-11,16,19-21,23H,13-15H2,1H3;7-11,14,16-18H,6,13H2,1-5H3;9-11,13-14,16-17,19-20H,1-8H2,(H,15,18)/t19-,22+,23+,24-;16-,19+,20+,21-;14-,16+,17+,18-;10-,11-,13-,14+/m0001/s1. The van der Waals surface area contributed by atoms with Gasteiger partial charge in [0.2, 0.25) is 5.91 Å². The number of rotatable bonds is 24. The number of likely N-dealkylation sites (tertiary alicyclic amines) is 2. The maximum absolute atomic E-state index is 13.2. The van der Waals surface area contributed by atoms with Crippen LogP contribution in [0.3, 0.4) is 0 Å². The van der Waals surface area contributed by atoms with Crippen LogP contribution in [0, 0.1) is 46.3 Å². The lowest BCUT2D eigenvalue weighted by Gasteiger charge is -2.33. The Bertz CT molecular complexity index is 3320. The molecule has 0 spiro atoms. The molecular weight excluding hydrogens is 1290 g/mol. The lowest BCUT2D eigenvalue weighted by Crippen LogP contribution is -2.50. The molecule has 10 rings (SSSR count). The van der Waals surface area contributed by atoms with Crippen molar-refractivity contribution in [1.82, 2.24) is 25.8 Å². The summed E-state index contributed by atoms with van der Waals surface area (Å²) in [6, 6.07) is 52.3. The van der Waals surface area contributed by atoms with Gasteiger partial charge in [-0.2, -0.15) is 10.5 Å². The Balaban J connectivity index is 0.000000193. The third-order valence-corrected chi connectivity index (χ3v) is 19.5. The molecule has 4 heterocycles. The topological polar surface area (TPSA) is 293 Å². The summed E-state index contributed by atoms with van der Waals surface area (Å²) in [7, 11) is 0. The molecule has 8 N–H and O–H groups in total. The molecule has 102 heavy (non-hydrogen) atoms. The summed E-state index contributed by atoms with van der Waals surface area (Å²) >= 11 is 0. The first-order chi connectivity index (χ1) is 49.0. The van der Waals surface area contributed by atoms with Crippen LogP contribution in [0.1, 0.15) is 142 Å². The summed E-state index contributed by atoms with van der Waals surface area (Å²) in [5.41, 5.74) is 10.5. The fourth-order valence-electron chi connectivity index (χ4n) is 14.0. The third-order valence-electron chi connectivity index (χ3n) is 19.5. The molecule has 5 aromatic carbocycles. The molecule has 0 radical (unpaired) electrons. The number of hydrogen-bond donors (Lipinski definition) is 7. The molecule has 5 aromatic rings. The van der Waals surface area contributed by atoms with Gasteiger partial charge in [-0.25, -0.2) is 9.59 Å². The van der Waals surface area contributed by atoms with Crippen LogP contribution >= 0.6 is 0 Å². The number of benzene rings is 5. The zero-order chi connectivity index (χ0) is 73.8. The van der Waals surface area contributed by atoms with E-state index in [9.17, 15) is 35.1 Å². The average molecular weight is 1410 g/mol. The second-order valence-electron chi connectivity index (χ2n) is 29.5. The molecule has 556 valence electrons. The van der Waals surface area contributed by atoms with Crippen molar-refractivity contribution in [2.45, 2.75) is 237 Å². The molecule has 4 saturated heterocycles. The molecular formula is C81H114N8O13. The van der Waals surface area contributed by atoms with E-state index in [1.165, 1.54) is 19.3 Å². The Hall–Kier alpha value is -7.35. The van der Waals surface area contributed by atoms with Crippen molar-refractivity contribution in [3.63, 3.8) is 0 Å². The number of nitriles is 2. The van der Waals surface area contributed by atoms with E-state index in [2.05, 4.69) is 54.1 Å². The van der Waals surface area contributed by atoms with Gasteiger partial charge in [0.05, 0.1) is 120 Å². The van der Waals surface area contributed by atoms with Crippen molar-refractivity contribution in [2.24, 2.45) is 29.4 Å². The summed E-state index contributed by atoms with van der Waals surface area (Å²) in [5.74, 6) is 0.805. The summed E-state index contributed by atoms with van der Waals surface area (Å²) < 4.78 is 41.6. The van der Waals surface area contributed by atoms with Gasteiger partial charge in [0.15, 0.2) is 0 Å². The van der Waals surface area contributed by atoms with Crippen LogP contribution in [0.4, 0.5) is 9.59 Å². The summed E-state index contributed by atoms with van der Waals surface area (Å²) in [6.07, 6.45) is 3.83. The van der Waals surface area contributed by atoms with Gasteiger partial charge in [-0.3, -0.25) is 19.9 Å². The highest BCUT2D eigenvalue weighted by atomic mass is 16.6. The first kappa shape index (κ1) is 81.9. The fraction of sp³-hybridized carbons (Fsp3) is 0.568. The van der Waals surface area contributed by atoms with E-state index in [-0.39, 0.29) is 98.0 Å². The van der Waals surface area contributed by atoms with E-state index in [0.29, 0.717) is 58.6 Å². The van der Waals surface area contributed by atoms with E-state index in [1.807, 2.05) is 195 Å². The Morgan fingerprint density at radius 1 is 0.539 bits per heavy atom. The van der Waals surface area contributed by atoms with Gasteiger partial charge in [0, 0.05) is 49.3 Å². The molecule has 16 atom stereocenters. The number of nitrogens with two attached hydrogens (primary N) is 1. The highest BCUT2D eigenvalue weighted by molar-refractivity contribution is 5.76. The van der Waals surface area contributed by atoms with Crippen molar-refractivity contribution >= 4 is 18.1 Å². The number of nitrogens with zero attached hydrogens (tertiary/aromatic N) is 4. The minimum atomic E-state index is -0.986. The first-order valence-electron chi connectivity index (χ1n) is 36.4. The number of carbonyl (C=O) groups excluding carboxylic acids is 3. The van der Waals surface area contributed by atoms with Gasteiger partial charge in [-0.1, -0.05) is 199 Å². The predicted octanol–water partition coefficient (Wildman–Crippen LogP) is 10.9. The molecule has 5 fully saturated rings. The molecule has 5 aliphatic rings. The minimum Gasteiger partial charge on any atom is -0.444 e. The van der Waals surface area contributed by atoms with Crippen LogP contribution in [0.2, 0.25) is 0 Å². The summed E-state index contributed by atoms with van der Waals surface area (Å²) in [5, 5.41) is 56.8. The molecule has 4 aliphatic heterocycles. The third kappa shape index (κ3) is 24.9. The minimum absolute atomic E-state index is 0.00726. The summed E-state index contributed by atoms with van der Waals surface area (Å²) in [6.45, 7) is 23.1. The molecule has 1 saturated carbocycles. The van der Waals surface area contributed by atoms with Crippen LogP contribution in [0.15, 0.2) is 152 Å². The second-order valence-corrected chi connectivity index (χ2v) is 29.5. The molecule has 0 aromatic heterocycles. The Morgan fingerprint density at radius 2 is 0.971 bits per heavy atom. The SMILES string of the molecule is CC[C@@H]1[C@H](C)[C@H](OCc2ccccc2)[C@@H](C#N)N1C(=O)OC(C)(C)C.C[C@@H]1[C@H](OCc2ccccc2)[C@@H](C#N)N[C@@H]1COCc1ccccc1.C[C@@H]1[C@H](OCc2ccccc2)[C@@H](CN)N(C(=O)OC(C)(C)C)[C@@H]1COCc1ccccc1.O=C(CC1CCCCC1)NC[C@H]1N[C@H](CO)[C@H](O)[C@@H]1O. The van der Waals surface area contributed by atoms with Crippen molar-refractivity contribution in [1.29, 1.82) is 10.5 Å². The smallest absolute Gasteiger partial charge is 0.411 e. The maximum Gasteiger partial charge on any atom is 0.411 e.